The number of benzene rings is 1. The highest BCUT2D eigenvalue weighted by Gasteiger charge is 2.23. The third kappa shape index (κ3) is 4.47. The van der Waals surface area contributed by atoms with Gasteiger partial charge in [0.2, 0.25) is 0 Å². The summed E-state index contributed by atoms with van der Waals surface area (Å²) in [6.07, 6.45) is -1.04. The standard InChI is InChI=1S/C13H17NO4/c1-9(15)12(13(16)17)14-10(2)18-8-11-6-4-3-5-7-11/h3-7,9,12,14-15H,2,8H2,1H3,(H,16,17)/t9-,12+/m1/s1. The van der Waals surface area contributed by atoms with E-state index < -0.39 is 18.1 Å². The first-order valence-electron chi connectivity index (χ1n) is 5.53. The molecule has 0 spiro atoms. The zero-order chi connectivity index (χ0) is 13.5. The van der Waals surface area contributed by atoms with Crippen molar-refractivity contribution in [3.63, 3.8) is 0 Å². The first-order valence-corrected chi connectivity index (χ1v) is 5.53. The topological polar surface area (TPSA) is 78.8 Å². The van der Waals surface area contributed by atoms with Crippen molar-refractivity contribution in [3.8, 4) is 0 Å². The molecular weight excluding hydrogens is 234 g/mol. The van der Waals surface area contributed by atoms with Gasteiger partial charge in [0.15, 0.2) is 11.9 Å². The third-order valence-electron chi connectivity index (χ3n) is 2.32. The summed E-state index contributed by atoms with van der Waals surface area (Å²) in [6, 6.07) is 8.29. The molecule has 5 heteroatoms. The molecule has 0 heterocycles. The summed E-state index contributed by atoms with van der Waals surface area (Å²) >= 11 is 0. The number of aliphatic hydroxyl groups excluding tert-OH is 1. The molecule has 18 heavy (non-hydrogen) atoms. The number of carboxylic acid groups (broad SMARTS) is 1. The van der Waals surface area contributed by atoms with Crippen LogP contribution < -0.4 is 5.32 Å². The fraction of sp³-hybridized carbons (Fsp3) is 0.308. The number of hydrogen-bond acceptors (Lipinski definition) is 4. The van der Waals surface area contributed by atoms with Crippen molar-refractivity contribution in [2.24, 2.45) is 0 Å². The van der Waals surface area contributed by atoms with Gasteiger partial charge in [-0.1, -0.05) is 30.3 Å². The van der Waals surface area contributed by atoms with E-state index in [9.17, 15) is 9.90 Å². The predicted molar refractivity (Wildman–Crippen MR) is 66.6 cm³/mol. The van der Waals surface area contributed by atoms with Crippen LogP contribution in [-0.2, 0) is 16.1 Å². The zero-order valence-electron chi connectivity index (χ0n) is 10.2. The Morgan fingerprint density at radius 1 is 1.44 bits per heavy atom. The van der Waals surface area contributed by atoms with Crippen molar-refractivity contribution in [1.29, 1.82) is 0 Å². The largest absolute Gasteiger partial charge is 0.480 e. The molecule has 98 valence electrons. The summed E-state index contributed by atoms with van der Waals surface area (Å²) in [5.74, 6) is -1.04. The maximum Gasteiger partial charge on any atom is 0.328 e. The Balaban J connectivity index is 2.44. The summed E-state index contributed by atoms with van der Waals surface area (Å²) in [5, 5.41) is 20.7. The second-order valence-corrected chi connectivity index (χ2v) is 3.90. The summed E-state index contributed by atoms with van der Waals surface area (Å²) in [7, 11) is 0. The summed E-state index contributed by atoms with van der Waals surface area (Å²) in [4.78, 5) is 10.8. The van der Waals surface area contributed by atoms with Crippen LogP contribution in [0.2, 0.25) is 0 Å². The highest BCUT2D eigenvalue weighted by Crippen LogP contribution is 2.04. The van der Waals surface area contributed by atoms with Crippen molar-refractivity contribution >= 4 is 5.97 Å². The van der Waals surface area contributed by atoms with Crippen LogP contribution in [0.4, 0.5) is 0 Å². The molecule has 0 bridgehead atoms. The molecule has 2 atom stereocenters. The van der Waals surface area contributed by atoms with E-state index in [1.807, 2.05) is 30.3 Å². The smallest absolute Gasteiger partial charge is 0.328 e. The van der Waals surface area contributed by atoms with E-state index >= 15 is 0 Å². The van der Waals surface area contributed by atoms with E-state index in [2.05, 4.69) is 11.9 Å². The molecule has 0 aliphatic heterocycles. The Labute approximate surface area is 106 Å². The molecule has 0 aliphatic carbocycles. The average Bonchev–Trinajstić information content (AvgIpc) is 2.34. The maximum absolute atomic E-state index is 10.8. The minimum absolute atomic E-state index is 0.118. The van der Waals surface area contributed by atoms with Crippen molar-refractivity contribution in [3.05, 3.63) is 48.4 Å². The SMILES string of the molecule is C=C(N[C@H](C(=O)O)[C@@H](C)O)OCc1ccccc1. The van der Waals surface area contributed by atoms with Crippen LogP contribution in [-0.4, -0.2) is 28.3 Å². The first kappa shape index (κ1) is 14.1. The van der Waals surface area contributed by atoms with Crippen LogP contribution in [0.1, 0.15) is 12.5 Å². The van der Waals surface area contributed by atoms with Crippen LogP contribution in [0.3, 0.4) is 0 Å². The predicted octanol–water partition coefficient (Wildman–Crippen LogP) is 1.10. The zero-order valence-corrected chi connectivity index (χ0v) is 10.2. The van der Waals surface area contributed by atoms with E-state index in [0.29, 0.717) is 6.61 Å². The van der Waals surface area contributed by atoms with E-state index in [4.69, 9.17) is 9.84 Å². The molecule has 0 amide bonds. The molecule has 1 rings (SSSR count). The Morgan fingerprint density at radius 2 is 2.06 bits per heavy atom. The number of aliphatic carboxylic acids is 1. The second-order valence-electron chi connectivity index (χ2n) is 3.90. The number of carbonyl (C=O) groups is 1. The lowest BCUT2D eigenvalue weighted by molar-refractivity contribution is -0.142. The quantitative estimate of drug-likeness (QED) is 0.632. The molecule has 0 aliphatic rings. The van der Waals surface area contributed by atoms with Crippen LogP contribution >= 0.6 is 0 Å². The van der Waals surface area contributed by atoms with Gasteiger partial charge in [0.25, 0.3) is 0 Å². The summed E-state index contributed by atoms with van der Waals surface area (Å²) < 4.78 is 5.28. The molecule has 0 fully saturated rings. The fourth-order valence-electron chi connectivity index (χ4n) is 1.35. The minimum Gasteiger partial charge on any atom is -0.480 e. The highest BCUT2D eigenvalue weighted by molar-refractivity contribution is 5.74. The lowest BCUT2D eigenvalue weighted by atomic mass is 10.2. The number of nitrogens with one attached hydrogen (secondary N) is 1. The Morgan fingerprint density at radius 3 is 2.56 bits per heavy atom. The monoisotopic (exact) mass is 251 g/mol. The molecule has 0 saturated heterocycles. The van der Waals surface area contributed by atoms with Gasteiger partial charge >= 0.3 is 5.97 Å². The normalized spacial score (nSPS) is 13.4. The molecule has 3 N–H and O–H groups in total. The van der Waals surface area contributed by atoms with Crippen LogP contribution in [0, 0.1) is 0 Å². The van der Waals surface area contributed by atoms with Crippen molar-refractivity contribution in [1.82, 2.24) is 5.32 Å². The maximum atomic E-state index is 10.8. The highest BCUT2D eigenvalue weighted by atomic mass is 16.5. The minimum atomic E-state index is -1.16. The molecule has 5 nitrogen and oxygen atoms in total. The molecule has 0 aromatic heterocycles. The Hall–Kier alpha value is -2.01. The van der Waals surface area contributed by atoms with E-state index in [-0.39, 0.29) is 5.88 Å². The molecule has 1 aromatic rings. The molecule has 0 radical (unpaired) electrons. The van der Waals surface area contributed by atoms with Gasteiger partial charge in [-0.25, -0.2) is 4.79 Å². The summed E-state index contributed by atoms with van der Waals surface area (Å²) in [5.41, 5.74) is 0.948. The van der Waals surface area contributed by atoms with Crippen LogP contribution in [0.15, 0.2) is 42.8 Å². The van der Waals surface area contributed by atoms with Crippen molar-refractivity contribution < 1.29 is 19.7 Å². The lowest BCUT2D eigenvalue weighted by Crippen LogP contribution is -2.44. The first-order chi connectivity index (χ1) is 8.50. The average molecular weight is 251 g/mol. The van der Waals surface area contributed by atoms with Gasteiger partial charge in [0.05, 0.1) is 6.10 Å². The third-order valence-corrected chi connectivity index (χ3v) is 2.32. The van der Waals surface area contributed by atoms with Crippen molar-refractivity contribution in [2.45, 2.75) is 25.7 Å². The second kappa shape index (κ2) is 6.66. The number of rotatable bonds is 7. The van der Waals surface area contributed by atoms with Gasteiger partial charge in [-0.2, -0.15) is 0 Å². The number of hydrogen-bond donors (Lipinski definition) is 3. The van der Waals surface area contributed by atoms with Crippen LogP contribution in [0.25, 0.3) is 0 Å². The van der Waals surface area contributed by atoms with Gasteiger partial charge in [-0.15, -0.1) is 0 Å². The van der Waals surface area contributed by atoms with Gasteiger partial charge in [0, 0.05) is 0 Å². The molecule has 1 aromatic carbocycles. The fourth-order valence-corrected chi connectivity index (χ4v) is 1.35. The summed E-state index contributed by atoms with van der Waals surface area (Å²) in [6.45, 7) is 5.24. The van der Waals surface area contributed by atoms with Gasteiger partial charge in [0.1, 0.15) is 6.61 Å². The van der Waals surface area contributed by atoms with Gasteiger partial charge in [-0.05, 0) is 19.1 Å². The van der Waals surface area contributed by atoms with E-state index in [1.165, 1.54) is 6.92 Å². The Bertz CT molecular complexity index is 403. The molecular formula is C13H17NO4. The number of ether oxygens (including phenoxy) is 1. The van der Waals surface area contributed by atoms with Gasteiger partial charge in [-0.3, -0.25) is 0 Å². The van der Waals surface area contributed by atoms with E-state index in [0.717, 1.165) is 5.56 Å². The number of carboxylic acids is 1. The van der Waals surface area contributed by atoms with Crippen LogP contribution in [0.5, 0.6) is 0 Å². The van der Waals surface area contributed by atoms with Crippen molar-refractivity contribution in [2.75, 3.05) is 0 Å². The molecule has 0 saturated carbocycles. The number of aliphatic hydroxyl groups is 1. The van der Waals surface area contributed by atoms with E-state index in [1.54, 1.807) is 0 Å². The molecule has 0 unspecified atom stereocenters. The van der Waals surface area contributed by atoms with Gasteiger partial charge < -0.3 is 20.3 Å². The Kier molecular flexibility index (Phi) is 5.20. The lowest BCUT2D eigenvalue weighted by Gasteiger charge is -2.19.